The molecule has 3 heterocycles. The summed E-state index contributed by atoms with van der Waals surface area (Å²) in [6.45, 7) is 8.15. The Balaban J connectivity index is 1.79. The van der Waals surface area contributed by atoms with E-state index in [1.54, 1.807) is 18.4 Å². The van der Waals surface area contributed by atoms with Crippen molar-refractivity contribution in [3.8, 4) is 11.6 Å². The van der Waals surface area contributed by atoms with Gasteiger partial charge in [0.1, 0.15) is 0 Å². The SMILES string of the molecule is C=CCn1c(SCC(=O)c2cc(C)[nH]c2C)nnc1-c1ccco1. The number of aromatic nitrogens is 4. The molecule has 0 fully saturated rings. The zero-order valence-electron chi connectivity index (χ0n) is 13.6. The fraction of sp³-hybridized carbons (Fsp3) is 0.235. The summed E-state index contributed by atoms with van der Waals surface area (Å²) < 4.78 is 7.28. The highest BCUT2D eigenvalue weighted by Gasteiger charge is 2.18. The molecule has 0 atom stereocenters. The van der Waals surface area contributed by atoms with E-state index >= 15 is 0 Å². The lowest BCUT2D eigenvalue weighted by Gasteiger charge is -2.05. The minimum atomic E-state index is 0.0644. The van der Waals surface area contributed by atoms with Gasteiger partial charge < -0.3 is 9.40 Å². The summed E-state index contributed by atoms with van der Waals surface area (Å²) in [7, 11) is 0. The van der Waals surface area contributed by atoms with Gasteiger partial charge in [0.05, 0.1) is 12.0 Å². The molecule has 1 N–H and O–H groups in total. The lowest BCUT2D eigenvalue weighted by atomic mass is 10.2. The lowest BCUT2D eigenvalue weighted by molar-refractivity contribution is 0.102. The summed E-state index contributed by atoms with van der Waals surface area (Å²) >= 11 is 1.36. The summed E-state index contributed by atoms with van der Waals surface area (Å²) in [4.78, 5) is 15.6. The predicted molar refractivity (Wildman–Crippen MR) is 93.2 cm³/mol. The van der Waals surface area contributed by atoms with Crippen molar-refractivity contribution in [2.45, 2.75) is 25.5 Å². The summed E-state index contributed by atoms with van der Waals surface area (Å²) in [6.07, 6.45) is 3.36. The highest BCUT2D eigenvalue weighted by atomic mass is 32.2. The summed E-state index contributed by atoms with van der Waals surface area (Å²) in [5, 5.41) is 9.04. The number of thioether (sulfide) groups is 1. The van der Waals surface area contributed by atoms with Crippen molar-refractivity contribution in [2.75, 3.05) is 5.75 Å². The molecule has 0 aromatic carbocycles. The van der Waals surface area contributed by atoms with Gasteiger partial charge in [0, 0.05) is 23.5 Å². The number of H-pyrrole nitrogens is 1. The van der Waals surface area contributed by atoms with Gasteiger partial charge in [-0.1, -0.05) is 17.8 Å². The number of allylic oxidation sites excluding steroid dienone is 1. The number of nitrogens with zero attached hydrogens (tertiary/aromatic N) is 3. The Labute approximate surface area is 144 Å². The molecular weight excluding hydrogens is 324 g/mol. The number of aryl methyl sites for hydroxylation is 2. The van der Waals surface area contributed by atoms with Crippen LogP contribution in [-0.4, -0.2) is 31.3 Å². The van der Waals surface area contributed by atoms with Crippen molar-refractivity contribution in [1.82, 2.24) is 19.7 Å². The van der Waals surface area contributed by atoms with Crippen molar-refractivity contribution < 1.29 is 9.21 Å². The van der Waals surface area contributed by atoms with E-state index in [2.05, 4.69) is 21.8 Å². The Hall–Kier alpha value is -2.54. The number of carbonyl (C=O) groups is 1. The molecule has 0 aliphatic rings. The van der Waals surface area contributed by atoms with E-state index in [-0.39, 0.29) is 5.78 Å². The Bertz CT molecular complexity index is 861. The zero-order valence-corrected chi connectivity index (χ0v) is 14.4. The van der Waals surface area contributed by atoms with E-state index in [9.17, 15) is 4.79 Å². The minimum Gasteiger partial charge on any atom is -0.461 e. The van der Waals surface area contributed by atoms with Crippen LogP contribution in [-0.2, 0) is 6.54 Å². The monoisotopic (exact) mass is 342 g/mol. The first kappa shape index (κ1) is 16.3. The first-order valence-electron chi connectivity index (χ1n) is 7.50. The number of furan rings is 1. The van der Waals surface area contributed by atoms with E-state index < -0.39 is 0 Å². The molecule has 0 aliphatic carbocycles. The molecule has 24 heavy (non-hydrogen) atoms. The quantitative estimate of drug-likeness (QED) is 0.403. The first-order valence-corrected chi connectivity index (χ1v) is 8.49. The van der Waals surface area contributed by atoms with Gasteiger partial charge in [-0.05, 0) is 32.0 Å². The second kappa shape index (κ2) is 6.92. The summed E-state index contributed by atoms with van der Waals surface area (Å²) in [5.41, 5.74) is 2.60. The normalized spacial score (nSPS) is 10.9. The molecule has 0 amide bonds. The molecule has 0 saturated heterocycles. The van der Waals surface area contributed by atoms with Crippen LogP contribution < -0.4 is 0 Å². The fourth-order valence-electron chi connectivity index (χ4n) is 2.50. The van der Waals surface area contributed by atoms with Crippen LogP contribution in [0.5, 0.6) is 0 Å². The van der Waals surface area contributed by atoms with E-state index in [1.165, 1.54) is 11.8 Å². The van der Waals surface area contributed by atoms with Crippen molar-refractivity contribution in [3.05, 3.63) is 54.1 Å². The van der Waals surface area contributed by atoms with Crippen LogP contribution in [0.15, 0.2) is 46.7 Å². The van der Waals surface area contributed by atoms with E-state index in [4.69, 9.17) is 4.42 Å². The van der Waals surface area contributed by atoms with Crippen LogP contribution >= 0.6 is 11.8 Å². The summed E-state index contributed by atoms with van der Waals surface area (Å²) in [5.74, 6) is 1.63. The fourth-order valence-corrected chi connectivity index (χ4v) is 3.33. The number of ketones is 1. The molecule has 124 valence electrons. The van der Waals surface area contributed by atoms with Crippen LogP contribution in [0.25, 0.3) is 11.6 Å². The number of nitrogens with one attached hydrogen (secondary N) is 1. The van der Waals surface area contributed by atoms with Gasteiger partial charge >= 0.3 is 0 Å². The van der Waals surface area contributed by atoms with Crippen LogP contribution in [0.2, 0.25) is 0 Å². The number of hydrogen-bond donors (Lipinski definition) is 1. The van der Waals surface area contributed by atoms with Crippen LogP contribution in [0.3, 0.4) is 0 Å². The molecule has 3 rings (SSSR count). The van der Waals surface area contributed by atoms with Crippen LogP contribution in [0, 0.1) is 13.8 Å². The first-order chi connectivity index (χ1) is 11.6. The van der Waals surface area contributed by atoms with E-state index in [0.29, 0.717) is 29.0 Å². The lowest BCUT2D eigenvalue weighted by Crippen LogP contribution is -2.05. The Morgan fingerprint density at radius 1 is 1.46 bits per heavy atom. The van der Waals surface area contributed by atoms with Gasteiger partial charge in [0.25, 0.3) is 0 Å². The molecule has 0 bridgehead atoms. The Kier molecular flexibility index (Phi) is 4.71. The number of aromatic amines is 1. The maximum absolute atomic E-state index is 12.4. The number of hydrogen-bond acceptors (Lipinski definition) is 5. The second-order valence-electron chi connectivity index (χ2n) is 5.39. The molecule has 3 aromatic rings. The largest absolute Gasteiger partial charge is 0.461 e. The maximum Gasteiger partial charge on any atom is 0.200 e. The molecule has 3 aromatic heterocycles. The Morgan fingerprint density at radius 3 is 2.92 bits per heavy atom. The summed E-state index contributed by atoms with van der Waals surface area (Å²) in [6, 6.07) is 5.51. The third kappa shape index (κ3) is 3.21. The van der Waals surface area contributed by atoms with Crippen molar-refractivity contribution in [1.29, 1.82) is 0 Å². The molecule has 6 nitrogen and oxygen atoms in total. The highest BCUT2D eigenvalue weighted by Crippen LogP contribution is 2.25. The average molecular weight is 342 g/mol. The molecule has 0 saturated carbocycles. The topological polar surface area (TPSA) is 76.7 Å². The standard InChI is InChI=1S/C17H18N4O2S/c1-4-7-21-16(15-6-5-8-23-15)19-20-17(21)24-10-14(22)13-9-11(2)18-12(13)3/h4-6,8-9,18H,1,7,10H2,2-3H3. The van der Waals surface area contributed by atoms with Gasteiger partial charge in [-0.3, -0.25) is 9.36 Å². The third-order valence-electron chi connectivity index (χ3n) is 3.55. The maximum atomic E-state index is 12.4. The third-order valence-corrected chi connectivity index (χ3v) is 4.52. The zero-order chi connectivity index (χ0) is 17.1. The highest BCUT2D eigenvalue weighted by molar-refractivity contribution is 7.99. The number of Topliss-reactive ketones (excluding diaryl/α,β-unsaturated/α-hetero) is 1. The van der Waals surface area contributed by atoms with Crippen molar-refractivity contribution >= 4 is 17.5 Å². The average Bonchev–Trinajstić information content (AvgIpc) is 3.26. The molecule has 0 unspecified atom stereocenters. The van der Waals surface area contributed by atoms with Crippen molar-refractivity contribution in [2.24, 2.45) is 0 Å². The molecule has 7 heteroatoms. The molecule has 0 spiro atoms. The number of carbonyl (C=O) groups excluding carboxylic acids is 1. The molecular formula is C17H18N4O2S. The van der Waals surface area contributed by atoms with Gasteiger partial charge in [0.2, 0.25) is 5.82 Å². The predicted octanol–water partition coefficient (Wildman–Crippen LogP) is 3.64. The number of rotatable bonds is 7. The molecule has 0 radical (unpaired) electrons. The van der Waals surface area contributed by atoms with Gasteiger partial charge in [0.15, 0.2) is 16.7 Å². The van der Waals surface area contributed by atoms with E-state index in [1.807, 2.05) is 30.5 Å². The van der Waals surface area contributed by atoms with Crippen molar-refractivity contribution in [3.63, 3.8) is 0 Å². The van der Waals surface area contributed by atoms with Gasteiger partial charge in [-0.2, -0.15) is 0 Å². The van der Waals surface area contributed by atoms with Crippen LogP contribution in [0.4, 0.5) is 0 Å². The Morgan fingerprint density at radius 2 is 2.29 bits per heavy atom. The van der Waals surface area contributed by atoms with Gasteiger partial charge in [-0.15, -0.1) is 16.8 Å². The molecule has 0 aliphatic heterocycles. The second-order valence-corrected chi connectivity index (χ2v) is 6.33. The van der Waals surface area contributed by atoms with Crippen LogP contribution in [0.1, 0.15) is 21.7 Å². The smallest absolute Gasteiger partial charge is 0.200 e. The minimum absolute atomic E-state index is 0.0644. The van der Waals surface area contributed by atoms with E-state index in [0.717, 1.165) is 17.0 Å². The van der Waals surface area contributed by atoms with Gasteiger partial charge in [-0.25, -0.2) is 0 Å².